The van der Waals surface area contributed by atoms with Crippen LogP contribution in [-0.2, 0) is 27.9 Å². The summed E-state index contributed by atoms with van der Waals surface area (Å²) in [4.78, 5) is 26.6. The number of nitrogens with one attached hydrogen (secondary N) is 1. The van der Waals surface area contributed by atoms with Crippen molar-refractivity contribution in [1.29, 1.82) is 0 Å². The summed E-state index contributed by atoms with van der Waals surface area (Å²) in [5, 5.41) is 2.53. The van der Waals surface area contributed by atoms with Crippen LogP contribution in [0, 0.1) is 0 Å². The van der Waals surface area contributed by atoms with Crippen LogP contribution in [0.1, 0.15) is 33.9 Å². The molecule has 2 aromatic heterocycles. The molecule has 0 amide bonds. The smallest absolute Gasteiger partial charge is 0.407 e. The Kier molecular flexibility index (Phi) is 5.02. The fraction of sp³-hybridized carbons (Fsp3) is 0.684. The minimum atomic E-state index is -4.02. The van der Waals surface area contributed by atoms with Crippen molar-refractivity contribution in [2.75, 3.05) is 24.7 Å². The zero-order valence-corrected chi connectivity index (χ0v) is 20.4. The predicted octanol–water partition coefficient (Wildman–Crippen LogP) is 1.31. The van der Waals surface area contributed by atoms with E-state index in [1.807, 2.05) is 0 Å². The maximum absolute atomic E-state index is 16.4. The fourth-order valence-corrected chi connectivity index (χ4v) is 6.69. The van der Waals surface area contributed by atoms with Crippen molar-refractivity contribution < 1.29 is 32.3 Å². The topological polar surface area (TPSA) is 156 Å². The van der Waals surface area contributed by atoms with Gasteiger partial charge in [0.1, 0.15) is 18.2 Å². The molecule has 186 valence electrons. The first kappa shape index (κ1) is 23.4. The molecule has 0 radical (unpaired) electrons. The van der Waals surface area contributed by atoms with Gasteiger partial charge in [0, 0.05) is 14.1 Å². The molecule has 3 aliphatic rings. The molecule has 2 aliphatic heterocycles. The number of imidazole rings is 1. The zero-order valence-electron chi connectivity index (χ0n) is 19.6. The summed E-state index contributed by atoms with van der Waals surface area (Å²) in [6.45, 7) is 6.13. The number of nitrogen functional groups attached to an aromatic ring is 1. The van der Waals surface area contributed by atoms with E-state index in [1.54, 1.807) is 32.8 Å². The zero-order chi connectivity index (χ0) is 24.8. The Morgan fingerprint density at radius 1 is 1.35 bits per heavy atom. The van der Waals surface area contributed by atoms with Gasteiger partial charge in [-0.05, 0) is 27.7 Å². The van der Waals surface area contributed by atoms with E-state index in [0.717, 1.165) is 0 Å². The number of anilines is 2. The van der Waals surface area contributed by atoms with E-state index >= 15 is 4.39 Å². The number of alkyl halides is 1. The summed E-state index contributed by atoms with van der Waals surface area (Å²) in [7, 11) is -0.469. The van der Waals surface area contributed by atoms with Crippen molar-refractivity contribution in [2.24, 2.45) is 0 Å². The maximum atomic E-state index is 16.4. The van der Waals surface area contributed by atoms with Crippen LogP contribution in [0.3, 0.4) is 0 Å². The number of hydrogen-bond acceptors (Lipinski definition) is 11. The number of aromatic nitrogens is 4. The summed E-state index contributed by atoms with van der Waals surface area (Å²) >= 11 is 0. The molecule has 1 spiro atoms. The van der Waals surface area contributed by atoms with Crippen LogP contribution < -0.4 is 15.7 Å². The Morgan fingerprint density at radius 3 is 2.71 bits per heavy atom. The second kappa shape index (κ2) is 7.31. The maximum Gasteiger partial charge on any atom is 0.407 e. The third kappa shape index (κ3) is 3.16. The molecule has 13 nitrogen and oxygen atoms in total. The number of rotatable bonds is 6. The first-order chi connectivity index (χ1) is 15.8. The van der Waals surface area contributed by atoms with E-state index < -0.39 is 49.5 Å². The predicted molar refractivity (Wildman–Crippen MR) is 118 cm³/mol. The third-order valence-corrected chi connectivity index (χ3v) is 7.94. The Bertz CT molecular complexity index is 1220. The molecule has 2 unspecified atom stereocenters. The van der Waals surface area contributed by atoms with Gasteiger partial charge in [0.2, 0.25) is 5.95 Å². The lowest BCUT2D eigenvalue weighted by molar-refractivity contribution is -0.149. The summed E-state index contributed by atoms with van der Waals surface area (Å²) in [6.07, 6.45) is -1.88. The largest absolute Gasteiger partial charge is 0.462 e. The normalized spacial score (nSPS) is 37.0. The van der Waals surface area contributed by atoms with Crippen LogP contribution in [0.5, 0.6) is 0 Å². The lowest BCUT2D eigenvalue weighted by Crippen LogP contribution is -2.44. The highest BCUT2D eigenvalue weighted by Gasteiger charge is 2.91. The highest BCUT2D eigenvalue weighted by atomic mass is 31.2. The van der Waals surface area contributed by atoms with Gasteiger partial charge >= 0.3 is 13.7 Å². The Hall–Kier alpha value is -2.38. The number of esters is 1. The molecule has 1 saturated carbocycles. The van der Waals surface area contributed by atoms with Crippen molar-refractivity contribution in [2.45, 2.75) is 69.5 Å². The lowest BCUT2D eigenvalue weighted by Gasteiger charge is -2.30. The number of hydrogen-bond donors (Lipinski definition) is 2. The van der Waals surface area contributed by atoms with Gasteiger partial charge < -0.3 is 20.1 Å². The van der Waals surface area contributed by atoms with E-state index in [2.05, 4.69) is 20.0 Å². The number of carbonyl (C=O) groups is 1. The highest BCUT2D eigenvalue weighted by Crippen LogP contribution is 2.77. The first-order valence-electron chi connectivity index (χ1n) is 10.8. The van der Waals surface area contributed by atoms with E-state index in [0.29, 0.717) is 11.3 Å². The lowest BCUT2D eigenvalue weighted by atomic mass is 9.97. The first-order valence-corrected chi connectivity index (χ1v) is 12.3. The van der Waals surface area contributed by atoms with Crippen LogP contribution in [0.4, 0.5) is 16.2 Å². The van der Waals surface area contributed by atoms with Crippen molar-refractivity contribution in [1.82, 2.24) is 24.6 Å². The van der Waals surface area contributed by atoms with Crippen molar-refractivity contribution in [3.05, 3.63) is 6.33 Å². The number of nitrogens with zero attached hydrogens (tertiary/aromatic N) is 5. The number of carbonyl (C=O) groups excluding carboxylic acids is 1. The molecule has 5 rings (SSSR count). The summed E-state index contributed by atoms with van der Waals surface area (Å²) in [5.41, 5.74) is 2.75. The molecule has 0 aromatic carbocycles. The number of nitrogens with two attached hydrogens (primary N) is 1. The molecule has 1 aliphatic carbocycles. The van der Waals surface area contributed by atoms with Gasteiger partial charge in [0.05, 0.1) is 12.4 Å². The molecule has 2 aromatic rings. The summed E-state index contributed by atoms with van der Waals surface area (Å²) in [6, 6.07) is -0.994. The van der Waals surface area contributed by atoms with Crippen molar-refractivity contribution in [3.8, 4) is 0 Å². The van der Waals surface area contributed by atoms with Gasteiger partial charge in [-0.2, -0.15) is 9.97 Å². The Labute approximate surface area is 194 Å². The van der Waals surface area contributed by atoms with Gasteiger partial charge in [-0.3, -0.25) is 18.4 Å². The monoisotopic (exact) mass is 499 g/mol. The Morgan fingerprint density at radius 2 is 2.06 bits per heavy atom. The molecule has 2 saturated heterocycles. The highest BCUT2D eigenvalue weighted by molar-refractivity contribution is 7.52. The van der Waals surface area contributed by atoms with Crippen molar-refractivity contribution >= 4 is 36.6 Å². The molecular formula is C19H27FN7O6P. The van der Waals surface area contributed by atoms with Gasteiger partial charge in [-0.1, -0.05) is 0 Å². The fourth-order valence-electron chi connectivity index (χ4n) is 4.60. The van der Waals surface area contributed by atoms with Gasteiger partial charge in [-0.25, -0.2) is 19.0 Å². The third-order valence-electron chi connectivity index (χ3n) is 6.19. The summed E-state index contributed by atoms with van der Waals surface area (Å²) in [5.74, 6) is -0.166. The van der Waals surface area contributed by atoms with Crippen LogP contribution in [0.15, 0.2) is 6.33 Å². The quantitative estimate of drug-likeness (QED) is 0.435. The molecule has 34 heavy (non-hydrogen) atoms. The Balaban J connectivity index is 1.42. The molecule has 7 atom stereocenters. The number of fused-ring (bicyclic) bond motifs is 2. The molecule has 0 bridgehead atoms. The summed E-state index contributed by atoms with van der Waals surface area (Å²) < 4.78 is 53.3. The van der Waals surface area contributed by atoms with Crippen LogP contribution in [-0.4, -0.2) is 75.2 Å². The van der Waals surface area contributed by atoms with E-state index in [9.17, 15) is 9.36 Å². The van der Waals surface area contributed by atoms with Gasteiger partial charge in [0.15, 0.2) is 34.5 Å². The van der Waals surface area contributed by atoms with E-state index in [-0.39, 0.29) is 17.7 Å². The van der Waals surface area contributed by atoms with Crippen LogP contribution in [0.2, 0.25) is 0 Å². The van der Waals surface area contributed by atoms with E-state index in [1.165, 1.54) is 24.7 Å². The molecule has 3 N–H and O–H groups in total. The second-order valence-electron chi connectivity index (χ2n) is 9.35. The average molecular weight is 499 g/mol. The number of halogens is 1. The van der Waals surface area contributed by atoms with Gasteiger partial charge in [-0.15, -0.1) is 0 Å². The minimum Gasteiger partial charge on any atom is -0.462 e. The minimum absolute atomic E-state index is 0.00544. The second-order valence-corrected chi connectivity index (χ2v) is 11.0. The van der Waals surface area contributed by atoms with Crippen LogP contribution in [0.25, 0.3) is 11.2 Å². The molecule has 3 fully saturated rings. The van der Waals surface area contributed by atoms with Crippen molar-refractivity contribution in [3.63, 3.8) is 0 Å². The van der Waals surface area contributed by atoms with Crippen LogP contribution >= 0.6 is 7.75 Å². The molecular weight excluding hydrogens is 472 g/mol. The van der Waals surface area contributed by atoms with Gasteiger partial charge in [0.25, 0.3) is 0 Å². The average Bonchev–Trinajstić information content (AvgIpc) is 3.00. The van der Waals surface area contributed by atoms with E-state index in [4.69, 9.17) is 24.3 Å². The standard InChI is InChI=1S/C19H27FN7O6P/c1-8(2)30-15(28)9(3)25-34(29)32-12-11-19(12,33-34)18(4,20)16(31-11)27-7-22-10-13(26(5)6)23-17(21)24-14(10)27/h7-9,11-12,16H,1-6H3,(H,25,29)(H2,21,23,24)/t9-,11+,12?,16?,18-,19-,34-/m0/s1. The SMILES string of the molecule is CC(C)OC(=O)[C@H](C)N[P@]1(=O)OC2[C@H]3OC(n4cnc5c(N(C)C)nc(N)nc54)[C@](C)(F)[C@@]23O1. The molecule has 15 heteroatoms. The molecule has 4 heterocycles. The number of ether oxygens (including phenoxy) is 2.